The lowest BCUT2D eigenvalue weighted by molar-refractivity contribution is 0.179. The number of alkyl halides is 1. The third-order valence-corrected chi connectivity index (χ3v) is 5.46. The molecular formula is C17H24BrNO. The van der Waals surface area contributed by atoms with E-state index < -0.39 is 0 Å². The Balaban J connectivity index is 1.73. The van der Waals surface area contributed by atoms with Gasteiger partial charge < -0.3 is 4.74 Å². The minimum absolute atomic E-state index is 0.639. The molecule has 0 aliphatic carbocycles. The first kappa shape index (κ1) is 14.4. The van der Waals surface area contributed by atoms with Crippen LogP contribution in [0.2, 0.25) is 0 Å². The van der Waals surface area contributed by atoms with Crippen LogP contribution in [0, 0.1) is 0 Å². The molecular weight excluding hydrogens is 314 g/mol. The largest absolute Gasteiger partial charge is 0.493 e. The zero-order valence-corrected chi connectivity index (χ0v) is 13.6. The molecule has 2 heterocycles. The molecule has 1 saturated heterocycles. The van der Waals surface area contributed by atoms with Crippen LogP contribution in [-0.4, -0.2) is 36.0 Å². The average molecular weight is 338 g/mol. The summed E-state index contributed by atoms with van der Waals surface area (Å²) in [5.41, 5.74) is 1.41. The van der Waals surface area contributed by atoms with E-state index in [1.165, 1.54) is 44.3 Å². The molecule has 0 N–H and O–H groups in total. The van der Waals surface area contributed by atoms with Gasteiger partial charge in [-0.15, -0.1) is 0 Å². The number of hydrogen-bond acceptors (Lipinski definition) is 2. The van der Waals surface area contributed by atoms with Crippen molar-refractivity contribution in [3.8, 4) is 5.75 Å². The Bertz CT molecular complexity index is 437. The van der Waals surface area contributed by atoms with Gasteiger partial charge in [0.05, 0.1) is 6.61 Å². The molecule has 110 valence electrons. The summed E-state index contributed by atoms with van der Waals surface area (Å²) >= 11 is 3.72. The Hall–Kier alpha value is -0.540. The number of benzene rings is 1. The Kier molecular flexibility index (Phi) is 5.00. The molecule has 2 atom stereocenters. The lowest BCUT2D eigenvalue weighted by Crippen LogP contribution is -2.39. The van der Waals surface area contributed by atoms with Crippen molar-refractivity contribution in [1.29, 1.82) is 0 Å². The van der Waals surface area contributed by atoms with E-state index in [-0.39, 0.29) is 0 Å². The summed E-state index contributed by atoms with van der Waals surface area (Å²) < 4.78 is 5.79. The third-order valence-electron chi connectivity index (χ3n) is 4.71. The highest BCUT2D eigenvalue weighted by Crippen LogP contribution is 2.35. The summed E-state index contributed by atoms with van der Waals surface area (Å²) in [5, 5.41) is 1.11. The van der Waals surface area contributed by atoms with Gasteiger partial charge in [-0.2, -0.15) is 0 Å². The van der Waals surface area contributed by atoms with Crippen molar-refractivity contribution in [1.82, 2.24) is 4.90 Å². The van der Waals surface area contributed by atoms with Crippen LogP contribution in [-0.2, 0) is 0 Å². The molecule has 3 rings (SSSR count). The highest BCUT2D eigenvalue weighted by Gasteiger charge is 2.27. The van der Waals surface area contributed by atoms with Crippen LogP contribution in [0.4, 0.5) is 0 Å². The molecule has 2 unspecified atom stereocenters. The van der Waals surface area contributed by atoms with Crippen LogP contribution in [0.15, 0.2) is 24.3 Å². The number of halogens is 1. The van der Waals surface area contributed by atoms with E-state index in [0.29, 0.717) is 12.0 Å². The monoisotopic (exact) mass is 337 g/mol. The standard InChI is InChI=1S/C17H24BrNO/c18-12-15-6-2-1-5-10-19(15)13-14-9-11-20-17-8-4-3-7-16(14)17/h3-4,7-8,14-15H,1-2,5-6,9-13H2. The molecule has 2 nitrogen and oxygen atoms in total. The van der Waals surface area contributed by atoms with Crippen LogP contribution < -0.4 is 4.74 Å². The zero-order valence-electron chi connectivity index (χ0n) is 12.1. The van der Waals surface area contributed by atoms with Crippen LogP contribution in [0.25, 0.3) is 0 Å². The third kappa shape index (κ3) is 3.20. The fourth-order valence-corrected chi connectivity index (χ4v) is 4.27. The van der Waals surface area contributed by atoms with Crippen molar-refractivity contribution in [3.05, 3.63) is 29.8 Å². The number of rotatable bonds is 3. The summed E-state index contributed by atoms with van der Waals surface area (Å²) in [6.07, 6.45) is 6.63. The van der Waals surface area contributed by atoms with Crippen molar-refractivity contribution in [2.75, 3.05) is 25.0 Å². The van der Waals surface area contributed by atoms with Crippen molar-refractivity contribution >= 4 is 15.9 Å². The summed E-state index contributed by atoms with van der Waals surface area (Å²) in [6, 6.07) is 9.30. The number of hydrogen-bond donors (Lipinski definition) is 0. The number of likely N-dealkylation sites (tertiary alicyclic amines) is 1. The van der Waals surface area contributed by atoms with E-state index in [4.69, 9.17) is 4.74 Å². The Morgan fingerprint density at radius 2 is 2.05 bits per heavy atom. The summed E-state index contributed by atoms with van der Waals surface area (Å²) in [5.74, 6) is 1.74. The number of para-hydroxylation sites is 1. The minimum Gasteiger partial charge on any atom is -0.493 e. The van der Waals surface area contributed by atoms with Crippen molar-refractivity contribution < 1.29 is 4.74 Å². The molecule has 3 heteroatoms. The molecule has 0 saturated carbocycles. The molecule has 1 aromatic rings. The van der Waals surface area contributed by atoms with Gasteiger partial charge in [0.2, 0.25) is 0 Å². The van der Waals surface area contributed by atoms with E-state index >= 15 is 0 Å². The quantitative estimate of drug-likeness (QED) is 0.766. The van der Waals surface area contributed by atoms with Gasteiger partial charge in [-0.05, 0) is 37.4 Å². The van der Waals surface area contributed by atoms with Gasteiger partial charge in [0.15, 0.2) is 0 Å². The predicted octanol–water partition coefficient (Wildman–Crippen LogP) is 4.19. The van der Waals surface area contributed by atoms with Gasteiger partial charge in [0, 0.05) is 23.8 Å². The SMILES string of the molecule is BrCC1CCCCCN1CC1CCOc2ccccc21. The van der Waals surface area contributed by atoms with Gasteiger partial charge in [0.25, 0.3) is 0 Å². The maximum atomic E-state index is 5.79. The molecule has 2 aliphatic rings. The van der Waals surface area contributed by atoms with E-state index in [9.17, 15) is 0 Å². The maximum Gasteiger partial charge on any atom is 0.122 e. The molecule has 0 bridgehead atoms. The molecule has 1 aromatic carbocycles. The lowest BCUT2D eigenvalue weighted by atomic mass is 9.92. The first-order valence-electron chi connectivity index (χ1n) is 7.90. The second-order valence-electron chi connectivity index (χ2n) is 6.02. The summed E-state index contributed by atoms with van der Waals surface area (Å²) in [4.78, 5) is 2.72. The topological polar surface area (TPSA) is 12.5 Å². The summed E-state index contributed by atoms with van der Waals surface area (Å²) in [6.45, 7) is 3.32. The fraction of sp³-hybridized carbons (Fsp3) is 0.647. The highest BCUT2D eigenvalue weighted by atomic mass is 79.9. The van der Waals surface area contributed by atoms with Gasteiger partial charge in [-0.3, -0.25) is 4.90 Å². The zero-order chi connectivity index (χ0) is 13.8. The second-order valence-corrected chi connectivity index (χ2v) is 6.67. The number of nitrogens with zero attached hydrogens (tertiary/aromatic N) is 1. The van der Waals surface area contributed by atoms with E-state index in [0.717, 1.165) is 24.1 Å². The van der Waals surface area contributed by atoms with Crippen LogP contribution in [0.1, 0.15) is 43.6 Å². The molecule has 0 aromatic heterocycles. The molecule has 1 fully saturated rings. The van der Waals surface area contributed by atoms with E-state index in [1.807, 2.05) is 0 Å². The molecule has 2 aliphatic heterocycles. The summed E-state index contributed by atoms with van der Waals surface area (Å²) in [7, 11) is 0. The predicted molar refractivity (Wildman–Crippen MR) is 86.9 cm³/mol. The molecule has 0 radical (unpaired) electrons. The normalized spacial score (nSPS) is 27.4. The average Bonchev–Trinajstić information content (AvgIpc) is 2.72. The van der Waals surface area contributed by atoms with E-state index in [2.05, 4.69) is 45.1 Å². The molecule has 0 amide bonds. The Morgan fingerprint density at radius 1 is 1.15 bits per heavy atom. The Labute approximate surface area is 130 Å². The smallest absolute Gasteiger partial charge is 0.122 e. The minimum atomic E-state index is 0.639. The van der Waals surface area contributed by atoms with Gasteiger partial charge in [-0.25, -0.2) is 0 Å². The second kappa shape index (κ2) is 6.95. The van der Waals surface area contributed by atoms with Crippen molar-refractivity contribution in [3.63, 3.8) is 0 Å². The van der Waals surface area contributed by atoms with E-state index in [1.54, 1.807) is 0 Å². The Morgan fingerprint density at radius 3 is 2.95 bits per heavy atom. The first-order chi connectivity index (χ1) is 9.88. The van der Waals surface area contributed by atoms with Crippen LogP contribution in [0.5, 0.6) is 5.75 Å². The fourth-order valence-electron chi connectivity index (χ4n) is 3.54. The van der Waals surface area contributed by atoms with Gasteiger partial charge in [0.1, 0.15) is 5.75 Å². The maximum absolute atomic E-state index is 5.79. The molecule has 0 spiro atoms. The van der Waals surface area contributed by atoms with Crippen molar-refractivity contribution in [2.24, 2.45) is 0 Å². The van der Waals surface area contributed by atoms with Crippen molar-refractivity contribution in [2.45, 2.75) is 44.1 Å². The first-order valence-corrected chi connectivity index (χ1v) is 9.02. The number of fused-ring (bicyclic) bond motifs is 1. The lowest BCUT2D eigenvalue weighted by Gasteiger charge is -2.34. The highest BCUT2D eigenvalue weighted by molar-refractivity contribution is 9.09. The molecule has 20 heavy (non-hydrogen) atoms. The van der Waals surface area contributed by atoms with Crippen LogP contribution in [0.3, 0.4) is 0 Å². The van der Waals surface area contributed by atoms with Crippen LogP contribution >= 0.6 is 15.9 Å². The van der Waals surface area contributed by atoms with Gasteiger partial charge >= 0.3 is 0 Å². The number of ether oxygens (including phenoxy) is 1. The van der Waals surface area contributed by atoms with Gasteiger partial charge in [-0.1, -0.05) is 47.0 Å².